The Morgan fingerprint density at radius 2 is 2.07 bits per heavy atom. The molecule has 3 aromatic rings. The van der Waals surface area contributed by atoms with Crippen molar-refractivity contribution in [2.45, 2.75) is 12.6 Å². The number of para-hydroxylation sites is 1. The van der Waals surface area contributed by atoms with Crippen molar-refractivity contribution in [2.75, 3.05) is 19.7 Å². The van der Waals surface area contributed by atoms with Crippen LogP contribution in [0.3, 0.4) is 0 Å². The summed E-state index contributed by atoms with van der Waals surface area (Å²) in [6, 6.07) is 12.9. The van der Waals surface area contributed by atoms with E-state index in [1.807, 2.05) is 30.3 Å². The molecule has 2 unspecified atom stereocenters. The molecule has 0 amide bonds. The van der Waals surface area contributed by atoms with Crippen LogP contribution in [0.1, 0.15) is 22.2 Å². The Morgan fingerprint density at radius 1 is 1.25 bits per heavy atom. The molecule has 0 saturated carbocycles. The SMILES string of the molecule is O=C(O)c1nn(CC2CNCCOC2c2ccc(Cl)c(Cl)c2)c2ccccc12. The van der Waals surface area contributed by atoms with Gasteiger partial charge in [0.05, 0.1) is 28.3 Å². The van der Waals surface area contributed by atoms with Gasteiger partial charge in [-0.1, -0.05) is 47.5 Å². The summed E-state index contributed by atoms with van der Waals surface area (Å²) in [5, 5.41) is 18.8. The van der Waals surface area contributed by atoms with Crippen molar-refractivity contribution in [3.63, 3.8) is 0 Å². The minimum atomic E-state index is -1.04. The smallest absolute Gasteiger partial charge is 0.357 e. The van der Waals surface area contributed by atoms with E-state index in [1.54, 1.807) is 16.8 Å². The molecule has 2 heterocycles. The van der Waals surface area contributed by atoms with Gasteiger partial charge in [0.15, 0.2) is 5.69 Å². The van der Waals surface area contributed by atoms with Gasteiger partial charge < -0.3 is 15.2 Å². The molecule has 1 fully saturated rings. The Morgan fingerprint density at radius 3 is 2.86 bits per heavy atom. The third kappa shape index (κ3) is 3.73. The summed E-state index contributed by atoms with van der Waals surface area (Å²) in [5.41, 5.74) is 1.79. The van der Waals surface area contributed by atoms with Gasteiger partial charge >= 0.3 is 5.97 Å². The minimum Gasteiger partial charge on any atom is -0.476 e. The molecule has 1 saturated heterocycles. The van der Waals surface area contributed by atoms with Gasteiger partial charge in [0.1, 0.15) is 0 Å². The van der Waals surface area contributed by atoms with Crippen molar-refractivity contribution in [1.82, 2.24) is 15.1 Å². The number of nitrogens with zero attached hydrogens (tertiary/aromatic N) is 2. The molecular formula is C20H19Cl2N3O3. The van der Waals surface area contributed by atoms with Crippen LogP contribution in [0, 0.1) is 5.92 Å². The predicted molar refractivity (Wildman–Crippen MR) is 108 cm³/mol. The van der Waals surface area contributed by atoms with Gasteiger partial charge in [0.25, 0.3) is 0 Å². The second-order valence-corrected chi connectivity index (χ2v) is 7.60. The van der Waals surface area contributed by atoms with Crippen molar-refractivity contribution >= 4 is 40.1 Å². The largest absolute Gasteiger partial charge is 0.476 e. The number of rotatable bonds is 4. The average Bonchev–Trinajstić information content (AvgIpc) is 2.89. The Kier molecular flexibility index (Phi) is 5.55. The molecule has 146 valence electrons. The number of hydrogen-bond donors (Lipinski definition) is 2. The molecule has 0 aliphatic carbocycles. The maximum Gasteiger partial charge on any atom is 0.357 e. The maximum atomic E-state index is 11.6. The summed E-state index contributed by atoms with van der Waals surface area (Å²) in [6.45, 7) is 2.53. The lowest BCUT2D eigenvalue weighted by Crippen LogP contribution is -2.28. The monoisotopic (exact) mass is 419 g/mol. The molecule has 2 aromatic carbocycles. The highest BCUT2D eigenvalue weighted by Gasteiger charge is 2.28. The highest BCUT2D eigenvalue weighted by molar-refractivity contribution is 6.42. The Balaban J connectivity index is 1.71. The zero-order chi connectivity index (χ0) is 19.7. The third-order valence-electron chi connectivity index (χ3n) is 4.95. The van der Waals surface area contributed by atoms with Crippen LogP contribution in [0.4, 0.5) is 0 Å². The van der Waals surface area contributed by atoms with Crippen LogP contribution in [0.2, 0.25) is 10.0 Å². The van der Waals surface area contributed by atoms with Crippen LogP contribution in [0.5, 0.6) is 0 Å². The van der Waals surface area contributed by atoms with Gasteiger partial charge in [-0.05, 0) is 23.8 Å². The molecule has 0 spiro atoms. The molecule has 0 radical (unpaired) electrons. The number of halogens is 2. The predicted octanol–water partition coefficient (Wildman–Crippen LogP) is 4.02. The van der Waals surface area contributed by atoms with E-state index < -0.39 is 5.97 Å². The lowest BCUT2D eigenvalue weighted by molar-refractivity contribution is 0.0246. The molecule has 6 nitrogen and oxygen atoms in total. The standard InChI is InChI=1S/C20H19Cl2N3O3/c21-15-6-5-12(9-16(15)22)19-13(10-23-7-8-28-19)11-25-17-4-2-1-3-14(17)18(24-25)20(26)27/h1-6,9,13,19,23H,7-8,10-11H2,(H,26,27). The molecule has 2 atom stereocenters. The lowest BCUT2D eigenvalue weighted by Gasteiger charge is -2.25. The molecule has 1 aliphatic heterocycles. The van der Waals surface area contributed by atoms with Crippen LogP contribution in [0.15, 0.2) is 42.5 Å². The molecule has 1 aromatic heterocycles. The second-order valence-electron chi connectivity index (χ2n) is 6.78. The fourth-order valence-corrected chi connectivity index (χ4v) is 3.96. The van der Waals surface area contributed by atoms with E-state index in [1.165, 1.54) is 0 Å². The first-order valence-electron chi connectivity index (χ1n) is 9.00. The molecule has 4 rings (SSSR count). The first kappa shape index (κ1) is 19.2. The molecular weight excluding hydrogens is 401 g/mol. The van der Waals surface area contributed by atoms with Gasteiger partial charge in [0.2, 0.25) is 0 Å². The van der Waals surface area contributed by atoms with Crippen LogP contribution in [-0.4, -0.2) is 40.6 Å². The van der Waals surface area contributed by atoms with Crippen molar-refractivity contribution in [2.24, 2.45) is 5.92 Å². The van der Waals surface area contributed by atoms with Crippen LogP contribution in [0.25, 0.3) is 10.9 Å². The highest BCUT2D eigenvalue weighted by Crippen LogP contribution is 2.33. The number of carboxylic acid groups (broad SMARTS) is 1. The van der Waals surface area contributed by atoms with Crippen LogP contribution < -0.4 is 5.32 Å². The van der Waals surface area contributed by atoms with Gasteiger partial charge in [0, 0.05) is 30.9 Å². The molecule has 0 bridgehead atoms. The van der Waals surface area contributed by atoms with E-state index in [-0.39, 0.29) is 17.7 Å². The fraction of sp³-hybridized carbons (Fsp3) is 0.300. The van der Waals surface area contributed by atoms with Gasteiger partial charge in [-0.3, -0.25) is 4.68 Å². The van der Waals surface area contributed by atoms with E-state index in [9.17, 15) is 9.90 Å². The summed E-state index contributed by atoms with van der Waals surface area (Å²) < 4.78 is 7.87. The normalized spacial score (nSPS) is 20.2. The first-order chi connectivity index (χ1) is 13.5. The molecule has 28 heavy (non-hydrogen) atoms. The lowest BCUT2D eigenvalue weighted by atomic mass is 9.95. The van der Waals surface area contributed by atoms with E-state index in [4.69, 9.17) is 27.9 Å². The molecule has 8 heteroatoms. The first-order valence-corrected chi connectivity index (χ1v) is 9.76. The maximum absolute atomic E-state index is 11.6. The van der Waals surface area contributed by atoms with Gasteiger partial charge in [-0.15, -0.1) is 0 Å². The summed E-state index contributed by atoms with van der Waals surface area (Å²) in [4.78, 5) is 11.6. The van der Waals surface area contributed by atoms with Crippen LogP contribution in [-0.2, 0) is 11.3 Å². The summed E-state index contributed by atoms with van der Waals surface area (Å²) in [6.07, 6.45) is -0.207. The summed E-state index contributed by atoms with van der Waals surface area (Å²) in [5.74, 6) is -1.00. The number of aromatic nitrogens is 2. The Bertz CT molecular complexity index is 1020. The third-order valence-corrected chi connectivity index (χ3v) is 5.69. The zero-order valence-corrected chi connectivity index (χ0v) is 16.5. The highest BCUT2D eigenvalue weighted by atomic mass is 35.5. The average molecular weight is 420 g/mol. The number of aromatic carboxylic acids is 1. The van der Waals surface area contributed by atoms with Crippen molar-refractivity contribution in [1.29, 1.82) is 0 Å². The van der Waals surface area contributed by atoms with Crippen molar-refractivity contribution < 1.29 is 14.6 Å². The molecule has 1 aliphatic rings. The Hall–Kier alpha value is -2.12. The number of carboxylic acids is 1. The van der Waals surface area contributed by atoms with E-state index in [0.717, 1.165) is 17.6 Å². The number of fused-ring (bicyclic) bond motifs is 1. The van der Waals surface area contributed by atoms with E-state index in [2.05, 4.69) is 10.4 Å². The van der Waals surface area contributed by atoms with E-state index >= 15 is 0 Å². The van der Waals surface area contributed by atoms with Gasteiger partial charge in [-0.25, -0.2) is 4.79 Å². The Labute approximate surface area is 172 Å². The zero-order valence-electron chi connectivity index (χ0n) is 14.9. The summed E-state index contributed by atoms with van der Waals surface area (Å²) >= 11 is 12.3. The van der Waals surface area contributed by atoms with Crippen molar-refractivity contribution in [3.8, 4) is 0 Å². The molecule has 2 N–H and O–H groups in total. The number of benzene rings is 2. The quantitative estimate of drug-likeness (QED) is 0.667. The topological polar surface area (TPSA) is 76.4 Å². The van der Waals surface area contributed by atoms with Crippen LogP contribution >= 0.6 is 23.2 Å². The minimum absolute atomic E-state index is 0.0321. The van der Waals surface area contributed by atoms with Gasteiger partial charge in [-0.2, -0.15) is 5.10 Å². The van der Waals surface area contributed by atoms with Crippen molar-refractivity contribution in [3.05, 3.63) is 63.8 Å². The number of hydrogen-bond acceptors (Lipinski definition) is 4. The number of nitrogens with one attached hydrogen (secondary N) is 1. The number of carbonyl (C=O) groups is 1. The fourth-order valence-electron chi connectivity index (χ4n) is 3.65. The van der Waals surface area contributed by atoms with E-state index in [0.29, 0.717) is 35.1 Å². The summed E-state index contributed by atoms with van der Waals surface area (Å²) in [7, 11) is 0. The number of ether oxygens (including phenoxy) is 1. The second kappa shape index (κ2) is 8.09.